The second-order valence-electron chi connectivity index (χ2n) is 2.35. The summed E-state index contributed by atoms with van der Waals surface area (Å²) in [5.74, 6) is 5.47. The van der Waals surface area contributed by atoms with Crippen molar-refractivity contribution in [1.29, 1.82) is 0 Å². The van der Waals surface area contributed by atoms with Crippen molar-refractivity contribution in [2.24, 2.45) is 5.73 Å². The summed E-state index contributed by atoms with van der Waals surface area (Å²) in [4.78, 5) is 0. The summed E-state index contributed by atoms with van der Waals surface area (Å²) in [6, 6.07) is 3.23. The Labute approximate surface area is 86.8 Å². The smallest absolute Gasteiger partial charge is 0.0663 e. The lowest BCUT2D eigenvalue weighted by atomic mass is 10.2. The maximum atomic E-state index is 5.79. The Balaban J connectivity index is 3.20. The molecule has 0 heterocycles. The zero-order valence-corrected chi connectivity index (χ0v) is 8.28. The van der Waals surface area contributed by atoms with Crippen molar-refractivity contribution in [1.82, 2.24) is 0 Å². The van der Waals surface area contributed by atoms with E-state index in [0.717, 1.165) is 0 Å². The first-order chi connectivity index (χ1) is 6.15. The van der Waals surface area contributed by atoms with Gasteiger partial charge in [-0.25, -0.2) is 0 Å². The molecule has 68 valence electrons. The molecule has 1 rings (SSSR count). The number of nitrogens with two attached hydrogens (primary N) is 2. The predicted molar refractivity (Wildman–Crippen MR) is 56.8 cm³/mol. The molecule has 0 radical (unpaired) electrons. The van der Waals surface area contributed by atoms with Crippen molar-refractivity contribution in [3.05, 3.63) is 27.7 Å². The second-order valence-corrected chi connectivity index (χ2v) is 3.20. The molecule has 0 atom stereocenters. The lowest BCUT2D eigenvalue weighted by Gasteiger charge is -2.01. The third-order valence-electron chi connectivity index (χ3n) is 1.42. The van der Waals surface area contributed by atoms with Crippen LogP contribution in [0.5, 0.6) is 0 Å². The van der Waals surface area contributed by atoms with Crippen LogP contribution in [0.3, 0.4) is 0 Å². The normalized spacial score (nSPS) is 9.15. The molecule has 0 spiro atoms. The highest BCUT2D eigenvalue weighted by molar-refractivity contribution is 6.36. The van der Waals surface area contributed by atoms with Crippen molar-refractivity contribution in [2.45, 2.75) is 0 Å². The monoisotopic (exact) mass is 214 g/mol. The number of hydrogen-bond donors (Lipinski definition) is 2. The highest BCUT2D eigenvalue weighted by Crippen LogP contribution is 2.26. The van der Waals surface area contributed by atoms with E-state index in [1.165, 1.54) is 0 Å². The van der Waals surface area contributed by atoms with Gasteiger partial charge in [0.2, 0.25) is 0 Å². The third-order valence-corrected chi connectivity index (χ3v) is 1.95. The average Bonchev–Trinajstić information content (AvgIpc) is 2.09. The number of rotatable bonds is 0. The Bertz CT molecular complexity index is 377. The molecule has 0 aliphatic heterocycles. The zero-order chi connectivity index (χ0) is 9.84. The summed E-state index contributed by atoms with van der Waals surface area (Å²) in [5, 5.41) is 0.925. The SMILES string of the molecule is NCC#Cc1cc(Cl)cc(Cl)c1N. The van der Waals surface area contributed by atoms with E-state index in [4.69, 9.17) is 34.7 Å². The fourth-order valence-electron chi connectivity index (χ4n) is 0.834. The molecule has 0 fully saturated rings. The largest absolute Gasteiger partial charge is 0.397 e. The zero-order valence-electron chi connectivity index (χ0n) is 6.77. The Morgan fingerprint density at radius 2 is 2.00 bits per heavy atom. The van der Waals surface area contributed by atoms with Crippen LogP contribution in [-0.4, -0.2) is 6.54 Å². The molecule has 0 aliphatic carbocycles. The molecule has 1 aromatic carbocycles. The van der Waals surface area contributed by atoms with Crippen LogP contribution in [0.1, 0.15) is 5.56 Å². The molecule has 1 aromatic rings. The molecular formula is C9H8Cl2N2. The predicted octanol–water partition coefficient (Wildman–Crippen LogP) is 1.89. The van der Waals surface area contributed by atoms with Crippen LogP contribution in [0.25, 0.3) is 0 Å². The van der Waals surface area contributed by atoms with E-state index in [1.807, 2.05) is 0 Å². The molecule has 4 N–H and O–H groups in total. The van der Waals surface area contributed by atoms with Crippen LogP contribution < -0.4 is 11.5 Å². The van der Waals surface area contributed by atoms with Crippen molar-refractivity contribution in [2.75, 3.05) is 12.3 Å². The summed E-state index contributed by atoms with van der Waals surface area (Å²) >= 11 is 11.6. The molecule has 13 heavy (non-hydrogen) atoms. The van der Waals surface area contributed by atoms with E-state index in [0.29, 0.717) is 21.3 Å². The maximum absolute atomic E-state index is 5.79. The molecule has 4 heteroatoms. The maximum Gasteiger partial charge on any atom is 0.0663 e. The summed E-state index contributed by atoms with van der Waals surface area (Å²) < 4.78 is 0. The fraction of sp³-hybridized carbons (Fsp3) is 0.111. The van der Waals surface area contributed by atoms with Crippen LogP contribution in [0.15, 0.2) is 12.1 Å². The topological polar surface area (TPSA) is 52.0 Å². The van der Waals surface area contributed by atoms with Gasteiger partial charge in [-0.1, -0.05) is 35.0 Å². The van der Waals surface area contributed by atoms with E-state index in [9.17, 15) is 0 Å². The molecular weight excluding hydrogens is 207 g/mol. The van der Waals surface area contributed by atoms with E-state index < -0.39 is 0 Å². The second kappa shape index (κ2) is 4.38. The van der Waals surface area contributed by atoms with E-state index in [-0.39, 0.29) is 6.54 Å². The van der Waals surface area contributed by atoms with Crippen LogP contribution in [0, 0.1) is 11.8 Å². The van der Waals surface area contributed by atoms with E-state index in [1.54, 1.807) is 12.1 Å². The van der Waals surface area contributed by atoms with Crippen LogP contribution in [-0.2, 0) is 0 Å². The minimum atomic E-state index is 0.281. The molecule has 0 unspecified atom stereocenters. The lowest BCUT2D eigenvalue weighted by molar-refractivity contribution is 1.30. The van der Waals surface area contributed by atoms with Crippen molar-refractivity contribution >= 4 is 28.9 Å². The van der Waals surface area contributed by atoms with Gasteiger partial charge in [-0.2, -0.15) is 0 Å². The van der Waals surface area contributed by atoms with Gasteiger partial charge < -0.3 is 11.5 Å². The minimum absolute atomic E-state index is 0.281. The van der Waals surface area contributed by atoms with Crippen molar-refractivity contribution < 1.29 is 0 Å². The van der Waals surface area contributed by atoms with Crippen molar-refractivity contribution in [3.63, 3.8) is 0 Å². The first-order valence-corrected chi connectivity index (χ1v) is 4.34. The number of anilines is 1. The first-order valence-electron chi connectivity index (χ1n) is 3.58. The van der Waals surface area contributed by atoms with Gasteiger partial charge in [0, 0.05) is 5.02 Å². The van der Waals surface area contributed by atoms with Gasteiger partial charge in [0.05, 0.1) is 22.8 Å². The molecule has 0 saturated heterocycles. The van der Waals surface area contributed by atoms with Gasteiger partial charge in [0.1, 0.15) is 0 Å². The van der Waals surface area contributed by atoms with Crippen LogP contribution >= 0.6 is 23.2 Å². The van der Waals surface area contributed by atoms with Gasteiger partial charge in [-0.15, -0.1) is 0 Å². The number of hydrogen-bond acceptors (Lipinski definition) is 2. The van der Waals surface area contributed by atoms with Gasteiger partial charge in [-0.05, 0) is 12.1 Å². The molecule has 0 saturated carbocycles. The Morgan fingerprint density at radius 1 is 1.31 bits per heavy atom. The van der Waals surface area contributed by atoms with Gasteiger partial charge in [0.15, 0.2) is 0 Å². The summed E-state index contributed by atoms with van der Waals surface area (Å²) in [6.07, 6.45) is 0. The lowest BCUT2D eigenvalue weighted by Crippen LogP contribution is -1.95. The number of halogens is 2. The number of benzene rings is 1. The summed E-state index contributed by atoms with van der Waals surface area (Å²) in [6.45, 7) is 0.281. The number of nitrogen functional groups attached to an aromatic ring is 1. The first kappa shape index (κ1) is 10.2. The Morgan fingerprint density at radius 3 is 2.62 bits per heavy atom. The summed E-state index contributed by atoms with van der Waals surface area (Å²) in [5.41, 5.74) is 11.9. The third kappa shape index (κ3) is 2.53. The quantitative estimate of drug-likeness (QED) is 0.512. The fourth-order valence-corrected chi connectivity index (χ4v) is 1.33. The van der Waals surface area contributed by atoms with Gasteiger partial charge in [0.25, 0.3) is 0 Å². The van der Waals surface area contributed by atoms with Crippen molar-refractivity contribution in [3.8, 4) is 11.8 Å². The average molecular weight is 215 g/mol. The standard InChI is InChI=1S/C9H8Cl2N2/c10-7-4-6(2-1-3-12)9(13)8(11)5-7/h4-5H,3,12-13H2. The molecule has 0 aromatic heterocycles. The minimum Gasteiger partial charge on any atom is -0.397 e. The van der Waals surface area contributed by atoms with Gasteiger partial charge in [-0.3, -0.25) is 0 Å². The van der Waals surface area contributed by atoms with Crippen LogP contribution in [0.4, 0.5) is 5.69 Å². The Kier molecular flexibility index (Phi) is 3.44. The molecule has 0 aliphatic rings. The van der Waals surface area contributed by atoms with E-state index in [2.05, 4.69) is 11.8 Å². The van der Waals surface area contributed by atoms with Gasteiger partial charge >= 0.3 is 0 Å². The summed E-state index contributed by atoms with van der Waals surface area (Å²) in [7, 11) is 0. The molecule has 2 nitrogen and oxygen atoms in total. The molecule has 0 bridgehead atoms. The highest BCUT2D eigenvalue weighted by Gasteiger charge is 2.02. The van der Waals surface area contributed by atoms with E-state index >= 15 is 0 Å². The molecule has 0 amide bonds. The Hall–Kier alpha value is -0.880. The highest BCUT2D eigenvalue weighted by atomic mass is 35.5. The van der Waals surface area contributed by atoms with Crippen LogP contribution in [0.2, 0.25) is 10.0 Å².